The zero-order valence-electron chi connectivity index (χ0n) is 22.9. The van der Waals surface area contributed by atoms with E-state index >= 15 is 0 Å². The van der Waals surface area contributed by atoms with E-state index in [9.17, 15) is 18.0 Å². The Kier molecular flexibility index (Phi) is 7.82. The Morgan fingerprint density at radius 1 is 0.756 bits per heavy atom. The number of likely N-dealkylation sites (N-methyl/N-ethyl adjacent to an activating group) is 1. The second-order valence-corrected chi connectivity index (χ2v) is 15.0. The average Bonchev–Trinajstić information content (AvgIpc) is 2.90. The highest BCUT2D eigenvalue weighted by atomic mass is 79.9. The molecule has 2 aromatic carbocycles. The van der Waals surface area contributed by atoms with Crippen LogP contribution in [0.1, 0.15) is 65.7 Å². The van der Waals surface area contributed by atoms with E-state index in [1.807, 2.05) is 25.1 Å². The second-order valence-electron chi connectivity index (χ2n) is 11.4. The fourth-order valence-corrected chi connectivity index (χ4v) is 9.95. The summed E-state index contributed by atoms with van der Waals surface area (Å²) in [5.74, 6) is 0.527. The minimum Gasteiger partial charge on any atom is -0.300 e. The van der Waals surface area contributed by atoms with Crippen LogP contribution >= 0.6 is 31.9 Å². The van der Waals surface area contributed by atoms with E-state index in [2.05, 4.69) is 67.0 Å². The molecule has 4 aliphatic rings. The van der Waals surface area contributed by atoms with Crippen LogP contribution in [0.15, 0.2) is 68.6 Å². The van der Waals surface area contributed by atoms with Gasteiger partial charge in [-0.2, -0.15) is 4.31 Å². The van der Waals surface area contributed by atoms with Gasteiger partial charge in [0.2, 0.25) is 10.0 Å². The molecule has 41 heavy (non-hydrogen) atoms. The Labute approximate surface area is 257 Å². The summed E-state index contributed by atoms with van der Waals surface area (Å²) in [6.07, 6.45) is 4.83. The van der Waals surface area contributed by atoms with Crippen molar-refractivity contribution in [3.8, 4) is 0 Å². The Balaban J connectivity index is 0.000000162. The minimum absolute atomic E-state index is 0.116. The molecular weight excluding hydrogens is 670 g/mol. The van der Waals surface area contributed by atoms with Crippen molar-refractivity contribution in [2.24, 2.45) is 0 Å². The average molecular weight is 701 g/mol. The Morgan fingerprint density at radius 2 is 1.32 bits per heavy atom. The standard InChI is InChI=1S/C18H17BrN2O3S.C13H14BrNO/c1-11-5-6-15(10-20-11)25(23,24)21-13-7-12-3-2-4-16(19)18(12)17(21)9-14(22)8-13;1-15-9-5-8-3-2-4-11(14)13(8)12(15)7-10(16)6-9/h2-6,10,13,17H,7-9H2,1H3;2-4,9,12H,5-7H2,1H3/t13?,17-;9?,12-/m00/s1. The molecule has 1 aromatic heterocycles. The van der Waals surface area contributed by atoms with Gasteiger partial charge in [0.05, 0.1) is 6.04 Å². The molecule has 4 bridgehead atoms. The van der Waals surface area contributed by atoms with Crippen LogP contribution in [-0.4, -0.2) is 53.3 Å². The molecule has 4 atom stereocenters. The number of Topliss-reactive ketones (excluding diaryl/α,β-unsaturated/α-hetero) is 2. The summed E-state index contributed by atoms with van der Waals surface area (Å²) in [6, 6.07) is 15.4. The highest BCUT2D eigenvalue weighted by Crippen LogP contribution is 2.46. The van der Waals surface area contributed by atoms with Gasteiger partial charge in [0.25, 0.3) is 0 Å². The number of rotatable bonds is 2. The lowest BCUT2D eigenvalue weighted by atomic mass is 9.80. The van der Waals surface area contributed by atoms with Crippen molar-refractivity contribution in [2.75, 3.05) is 7.05 Å². The predicted molar refractivity (Wildman–Crippen MR) is 163 cm³/mol. The molecular formula is C31H31Br2N3O4S. The van der Waals surface area contributed by atoms with Gasteiger partial charge < -0.3 is 0 Å². The van der Waals surface area contributed by atoms with Crippen LogP contribution in [0.5, 0.6) is 0 Å². The molecule has 0 radical (unpaired) electrons. The van der Waals surface area contributed by atoms with Crippen molar-refractivity contribution in [3.63, 3.8) is 0 Å². The van der Waals surface area contributed by atoms with Gasteiger partial charge in [0.15, 0.2) is 0 Å². The Morgan fingerprint density at radius 3 is 1.93 bits per heavy atom. The van der Waals surface area contributed by atoms with Gasteiger partial charge in [-0.1, -0.05) is 56.1 Å². The van der Waals surface area contributed by atoms with Gasteiger partial charge in [0, 0.05) is 64.6 Å². The number of hydrogen-bond acceptors (Lipinski definition) is 6. The molecule has 2 unspecified atom stereocenters. The van der Waals surface area contributed by atoms with Crippen LogP contribution in [0, 0.1) is 6.92 Å². The van der Waals surface area contributed by atoms with E-state index in [0.717, 1.165) is 38.6 Å². The molecule has 5 heterocycles. The predicted octanol–water partition coefficient (Wildman–Crippen LogP) is 5.88. The first-order valence-electron chi connectivity index (χ1n) is 13.8. The lowest BCUT2D eigenvalue weighted by Crippen LogP contribution is -2.52. The summed E-state index contributed by atoms with van der Waals surface area (Å²) in [6.45, 7) is 1.82. The molecule has 0 saturated carbocycles. The lowest BCUT2D eigenvalue weighted by molar-refractivity contribution is -0.125. The van der Waals surface area contributed by atoms with Gasteiger partial charge in [-0.15, -0.1) is 0 Å². The van der Waals surface area contributed by atoms with Gasteiger partial charge in [-0.05, 0) is 73.3 Å². The highest BCUT2D eigenvalue weighted by molar-refractivity contribution is 9.10. The summed E-state index contributed by atoms with van der Waals surface area (Å²) in [5.41, 5.74) is 5.53. The summed E-state index contributed by atoms with van der Waals surface area (Å²) in [4.78, 5) is 30.6. The third-order valence-electron chi connectivity index (χ3n) is 8.83. The fraction of sp³-hybridized carbons (Fsp3) is 0.387. The molecule has 0 N–H and O–H groups in total. The number of ketones is 2. The maximum absolute atomic E-state index is 13.3. The first kappa shape index (κ1) is 28.9. The number of halogens is 2. The summed E-state index contributed by atoms with van der Waals surface area (Å²) in [5, 5.41) is 0. The summed E-state index contributed by atoms with van der Waals surface area (Å²) >= 11 is 7.16. The maximum atomic E-state index is 13.3. The number of carbonyl (C=O) groups is 2. The molecule has 0 amide bonds. The number of aryl methyl sites for hydroxylation is 1. The molecule has 2 saturated heterocycles. The van der Waals surface area contributed by atoms with Gasteiger partial charge in [-0.25, -0.2) is 8.42 Å². The molecule has 0 spiro atoms. The molecule has 10 heteroatoms. The van der Waals surface area contributed by atoms with E-state index in [4.69, 9.17) is 0 Å². The molecule has 3 aromatic rings. The number of sulfonamides is 1. The number of hydrogen-bond donors (Lipinski definition) is 0. The maximum Gasteiger partial charge on any atom is 0.245 e. The van der Waals surface area contributed by atoms with Gasteiger partial charge >= 0.3 is 0 Å². The topological polar surface area (TPSA) is 87.7 Å². The third kappa shape index (κ3) is 5.27. The number of benzene rings is 2. The molecule has 214 valence electrons. The lowest BCUT2D eigenvalue weighted by Gasteiger charge is -2.45. The minimum atomic E-state index is -3.72. The van der Waals surface area contributed by atoms with Crippen molar-refractivity contribution >= 4 is 53.4 Å². The number of piperidine rings is 2. The second kappa shape index (κ2) is 11.1. The van der Waals surface area contributed by atoms with Crippen LogP contribution in [0.4, 0.5) is 0 Å². The molecule has 2 fully saturated rings. The van der Waals surface area contributed by atoms with Crippen LogP contribution in [0.2, 0.25) is 0 Å². The van der Waals surface area contributed by atoms with Crippen LogP contribution in [-0.2, 0) is 32.5 Å². The zero-order chi connectivity index (χ0) is 29.1. The molecule has 7 nitrogen and oxygen atoms in total. The number of fused-ring (bicyclic) bond motifs is 8. The number of pyridine rings is 1. The van der Waals surface area contributed by atoms with Gasteiger partial charge in [-0.3, -0.25) is 19.5 Å². The van der Waals surface area contributed by atoms with Crippen molar-refractivity contribution in [3.05, 3.63) is 91.6 Å². The summed E-state index contributed by atoms with van der Waals surface area (Å²) < 4.78 is 30.1. The van der Waals surface area contributed by atoms with Crippen LogP contribution < -0.4 is 0 Å². The van der Waals surface area contributed by atoms with Gasteiger partial charge in [0.1, 0.15) is 16.5 Å². The normalized spacial score (nSPS) is 25.6. The first-order valence-corrected chi connectivity index (χ1v) is 16.8. The fourth-order valence-electron chi connectivity index (χ4n) is 6.88. The smallest absolute Gasteiger partial charge is 0.245 e. The Hall–Kier alpha value is -2.24. The van der Waals surface area contributed by atoms with E-state index in [-0.39, 0.29) is 35.6 Å². The molecule has 7 rings (SSSR count). The highest BCUT2D eigenvalue weighted by Gasteiger charge is 2.47. The van der Waals surface area contributed by atoms with E-state index < -0.39 is 16.1 Å². The first-order chi connectivity index (χ1) is 19.5. The van der Waals surface area contributed by atoms with E-state index in [1.165, 1.54) is 21.6 Å². The van der Waals surface area contributed by atoms with Crippen LogP contribution in [0.3, 0.4) is 0 Å². The number of nitrogens with zero attached hydrogens (tertiary/aromatic N) is 3. The van der Waals surface area contributed by atoms with Crippen LogP contribution in [0.25, 0.3) is 0 Å². The summed E-state index contributed by atoms with van der Waals surface area (Å²) in [7, 11) is -1.58. The quantitative estimate of drug-likeness (QED) is 0.332. The van der Waals surface area contributed by atoms with Crippen molar-refractivity contribution in [1.82, 2.24) is 14.2 Å². The molecule has 0 aliphatic carbocycles. The monoisotopic (exact) mass is 699 g/mol. The van der Waals surface area contributed by atoms with E-state index in [1.54, 1.807) is 12.1 Å². The Bertz CT molecular complexity index is 1640. The third-order valence-corrected chi connectivity index (χ3v) is 12.2. The van der Waals surface area contributed by atoms with E-state index in [0.29, 0.717) is 24.7 Å². The SMILES string of the molecule is CN1C2CC(=O)C[C@H]1c1c(Br)cccc1C2.Cc1ccc(S(=O)(=O)N2C3CC(=O)C[C@H]2c2c(Br)cccc2C3)cn1. The number of aromatic nitrogens is 1. The van der Waals surface area contributed by atoms with Crippen molar-refractivity contribution < 1.29 is 18.0 Å². The number of carbonyl (C=O) groups excluding carboxylic acids is 2. The van der Waals surface area contributed by atoms with Crippen molar-refractivity contribution in [1.29, 1.82) is 0 Å². The largest absolute Gasteiger partial charge is 0.300 e. The van der Waals surface area contributed by atoms with Crippen molar-refractivity contribution in [2.45, 2.75) is 74.5 Å². The molecule has 4 aliphatic heterocycles. The zero-order valence-corrected chi connectivity index (χ0v) is 26.9.